The first-order chi connectivity index (χ1) is 8.95. The largest absolute Gasteiger partial charge is 0.326 e. The fourth-order valence-electron chi connectivity index (χ4n) is 1.37. The van der Waals surface area contributed by atoms with E-state index in [1.165, 1.54) is 12.1 Å². The molecular weight excluding hydrogens is 293 g/mol. The number of aromatic amines is 2. The molecule has 0 fully saturated rings. The van der Waals surface area contributed by atoms with Gasteiger partial charge < -0.3 is 10.3 Å². The molecular formula is C11H7Cl2N3O3. The third-order valence-electron chi connectivity index (χ3n) is 2.18. The van der Waals surface area contributed by atoms with E-state index < -0.39 is 17.2 Å². The highest BCUT2D eigenvalue weighted by atomic mass is 35.5. The zero-order valence-electron chi connectivity index (χ0n) is 9.29. The van der Waals surface area contributed by atoms with E-state index in [2.05, 4.69) is 10.3 Å². The van der Waals surface area contributed by atoms with Crippen molar-refractivity contribution >= 4 is 34.8 Å². The van der Waals surface area contributed by atoms with E-state index in [4.69, 9.17) is 23.2 Å². The van der Waals surface area contributed by atoms with Crippen LogP contribution in [0.2, 0.25) is 10.0 Å². The van der Waals surface area contributed by atoms with Gasteiger partial charge in [0.1, 0.15) is 5.69 Å². The van der Waals surface area contributed by atoms with Crippen LogP contribution in [0.25, 0.3) is 0 Å². The first-order valence-corrected chi connectivity index (χ1v) is 5.81. The van der Waals surface area contributed by atoms with E-state index in [0.29, 0.717) is 5.02 Å². The molecule has 3 N–H and O–H groups in total. The first kappa shape index (κ1) is 13.4. The molecule has 0 atom stereocenters. The van der Waals surface area contributed by atoms with Gasteiger partial charge in [-0.05, 0) is 18.2 Å². The predicted molar refractivity (Wildman–Crippen MR) is 72.1 cm³/mol. The Morgan fingerprint density at radius 1 is 1.11 bits per heavy atom. The Hall–Kier alpha value is -2.05. The molecule has 0 aliphatic carbocycles. The summed E-state index contributed by atoms with van der Waals surface area (Å²) in [5, 5.41) is 3.11. The van der Waals surface area contributed by atoms with Gasteiger partial charge in [-0.15, -0.1) is 0 Å². The van der Waals surface area contributed by atoms with Crippen molar-refractivity contribution in [1.29, 1.82) is 0 Å². The lowest BCUT2D eigenvalue weighted by Crippen LogP contribution is -2.27. The van der Waals surface area contributed by atoms with Crippen LogP contribution >= 0.6 is 23.2 Å². The SMILES string of the molecule is O=C(Nc1cc(Cl)ccc1Cl)c1cc(=O)[nH]c(=O)[nH]1. The number of aromatic nitrogens is 2. The number of benzene rings is 1. The Morgan fingerprint density at radius 2 is 1.84 bits per heavy atom. The molecule has 8 heteroatoms. The van der Waals surface area contributed by atoms with Crippen LogP contribution in [0.1, 0.15) is 10.5 Å². The second-order valence-corrected chi connectivity index (χ2v) is 4.42. The fraction of sp³-hybridized carbons (Fsp3) is 0. The lowest BCUT2D eigenvalue weighted by Gasteiger charge is -2.07. The summed E-state index contributed by atoms with van der Waals surface area (Å²) in [6.45, 7) is 0. The van der Waals surface area contributed by atoms with Crippen molar-refractivity contribution in [3.05, 3.63) is 60.8 Å². The summed E-state index contributed by atoms with van der Waals surface area (Å²) >= 11 is 11.7. The van der Waals surface area contributed by atoms with Gasteiger partial charge in [0.25, 0.3) is 11.5 Å². The van der Waals surface area contributed by atoms with Gasteiger partial charge >= 0.3 is 5.69 Å². The van der Waals surface area contributed by atoms with Crippen molar-refractivity contribution in [3.63, 3.8) is 0 Å². The summed E-state index contributed by atoms with van der Waals surface area (Å²) in [7, 11) is 0. The zero-order chi connectivity index (χ0) is 14.0. The second-order valence-electron chi connectivity index (χ2n) is 3.58. The monoisotopic (exact) mass is 299 g/mol. The molecule has 2 rings (SSSR count). The van der Waals surface area contributed by atoms with Crippen molar-refractivity contribution in [3.8, 4) is 0 Å². The van der Waals surface area contributed by atoms with Gasteiger partial charge in [0.05, 0.1) is 10.7 Å². The number of carbonyl (C=O) groups is 1. The van der Waals surface area contributed by atoms with E-state index in [1.54, 1.807) is 6.07 Å². The van der Waals surface area contributed by atoms with Crippen LogP contribution in [-0.4, -0.2) is 15.9 Å². The van der Waals surface area contributed by atoms with Gasteiger partial charge in [0, 0.05) is 11.1 Å². The molecule has 1 aromatic carbocycles. The van der Waals surface area contributed by atoms with Gasteiger partial charge in [-0.1, -0.05) is 23.2 Å². The summed E-state index contributed by atoms with van der Waals surface area (Å²) in [5.74, 6) is -0.674. The minimum Gasteiger partial charge on any atom is -0.319 e. The molecule has 0 unspecified atom stereocenters. The molecule has 1 amide bonds. The topological polar surface area (TPSA) is 94.8 Å². The number of rotatable bonds is 2. The van der Waals surface area contributed by atoms with Gasteiger partial charge in [0.15, 0.2) is 0 Å². The van der Waals surface area contributed by atoms with E-state index in [1.807, 2.05) is 4.98 Å². The van der Waals surface area contributed by atoms with E-state index in [-0.39, 0.29) is 16.4 Å². The quantitative estimate of drug-likeness (QED) is 0.786. The van der Waals surface area contributed by atoms with Crippen molar-refractivity contribution < 1.29 is 4.79 Å². The van der Waals surface area contributed by atoms with Crippen LogP contribution in [0, 0.1) is 0 Å². The third kappa shape index (κ3) is 3.24. The maximum absolute atomic E-state index is 11.8. The van der Waals surface area contributed by atoms with Crippen molar-refractivity contribution in [2.24, 2.45) is 0 Å². The fourth-order valence-corrected chi connectivity index (χ4v) is 1.71. The number of hydrogen-bond acceptors (Lipinski definition) is 3. The average Bonchev–Trinajstić information content (AvgIpc) is 2.32. The minimum atomic E-state index is -0.769. The molecule has 19 heavy (non-hydrogen) atoms. The van der Waals surface area contributed by atoms with Crippen molar-refractivity contribution in [1.82, 2.24) is 9.97 Å². The highest BCUT2D eigenvalue weighted by Gasteiger charge is 2.10. The molecule has 98 valence electrons. The Kier molecular flexibility index (Phi) is 3.73. The van der Waals surface area contributed by atoms with E-state index in [9.17, 15) is 14.4 Å². The number of anilines is 1. The van der Waals surface area contributed by atoms with Gasteiger partial charge in [-0.25, -0.2) is 4.79 Å². The summed E-state index contributed by atoms with van der Waals surface area (Å²) in [4.78, 5) is 38.1. The molecule has 2 aromatic rings. The zero-order valence-corrected chi connectivity index (χ0v) is 10.8. The van der Waals surface area contributed by atoms with Gasteiger partial charge in [-0.2, -0.15) is 0 Å². The molecule has 0 saturated heterocycles. The summed E-state index contributed by atoms with van der Waals surface area (Å²) in [5.41, 5.74) is -1.34. The predicted octanol–water partition coefficient (Wildman–Crippen LogP) is 1.62. The summed E-state index contributed by atoms with van der Waals surface area (Å²) < 4.78 is 0. The van der Waals surface area contributed by atoms with Crippen LogP contribution in [0.15, 0.2) is 33.9 Å². The molecule has 1 heterocycles. The molecule has 1 aromatic heterocycles. The lowest BCUT2D eigenvalue weighted by molar-refractivity contribution is 0.102. The Morgan fingerprint density at radius 3 is 2.53 bits per heavy atom. The summed E-state index contributed by atoms with van der Waals surface area (Å²) in [6, 6.07) is 5.50. The lowest BCUT2D eigenvalue weighted by atomic mass is 10.3. The number of hydrogen-bond donors (Lipinski definition) is 3. The maximum Gasteiger partial charge on any atom is 0.326 e. The standard InChI is InChI=1S/C11H7Cl2N3O3/c12-5-1-2-6(13)7(3-5)14-10(18)8-4-9(17)16-11(19)15-8/h1-4H,(H,14,18)(H2,15,16,17,19). The number of H-pyrrole nitrogens is 2. The second kappa shape index (κ2) is 5.29. The molecule has 0 aliphatic rings. The number of nitrogens with one attached hydrogen (secondary N) is 3. The third-order valence-corrected chi connectivity index (χ3v) is 2.75. The first-order valence-electron chi connectivity index (χ1n) is 5.06. The van der Waals surface area contributed by atoms with Crippen molar-refractivity contribution in [2.45, 2.75) is 0 Å². The van der Waals surface area contributed by atoms with Crippen molar-refractivity contribution in [2.75, 3.05) is 5.32 Å². The van der Waals surface area contributed by atoms with E-state index >= 15 is 0 Å². The van der Waals surface area contributed by atoms with Crippen LogP contribution in [0.5, 0.6) is 0 Å². The number of amides is 1. The van der Waals surface area contributed by atoms with Crippen LogP contribution in [-0.2, 0) is 0 Å². The minimum absolute atomic E-state index is 0.176. The van der Waals surface area contributed by atoms with Crippen LogP contribution in [0.3, 0.4) is 0 Å². The molecule has 0 spiro atoms. The highest BCUT2D eigenvalue weighted by molar-refractivity contribution is 6.35. The van der Waals surface area contributed by atoms with Crippen LogP contribution in [0.4, 0.5) is 5.69 Å². The maximum atomic E-state index is 11.8. The molecule has 6 nitrogen and oxygen atoms in total. The molecule has 0 bridgehead atoms. The summed E-state index contributed by atoms with van der Waals surface area (Å²) in [6.07, 6.45) is 0. The normalized spacial score (nSPS) is 10.2. The molecule has 0 saturated carbocycles. The van der Waals surface area contributed by atoms with E-state index in [0.717, 1.165) is 6.07 Å². The Balaban J connectivity index is 2.33. The van der Waals surface area contributed by atoms with Gasteiger partial charge in [0.2, 0.25) is 0 Å². The Labute approximate surface area is 116 Å². The molecule has 0 radical (unpaired) electrons. The van der Waals surface area contributed by atoms with Gasteiger partial charge in [-0.3, -0.25) is 14.6 Å². The number of carbonyl (C=O) groups excluding carboxylic acids is 1. The smallest absolute Gasteiger partial charge is 0.319 e. The molecule has 0 aliphatic heterocycles. The highest BCUT2D eigenvalue weighted by Crippen LogP contribution is 2.25. The Bertz CT molecular complexity index is 723. The average molecular weight is 300 g/mol. The number of halogens is 2. The van der Waals surface area contributed by atoms with Crippen LogP contribution < -0.4 is 16.6 Å².